The Labute approximate surface area is 92.6 Å². The third-order valence-corrected chi connectivity index (χ3v) is 1.99. The van der Waals surface area contributed by atoms with Crippen LogP contribution in [0.2, 0.25) is 0 Å². The Kier molecular flexibility index (Phi) is 3.52. The molecule has 0 spiro atoms. The van der Waals surface area contributed by atoms with Crippen molar-refractivity contribution >= 4 is 22.7 Å². The Bertz CT molecular complexity index is 376. The van der Waals surface area contributed by atoms with E-state index in [9.17, 15) is 18.0 Å². The first kappa shape index (κ1) is 12.5. The quantitative estimate of drug-likeness (QED) is 0.778. The predicted octanol–water partition coefficient (Wildman–Crippen LogP) is 1.16. The van der Waals surface area contributed by atoms with Gasteiger partial charge in [-0.15, -0.1) is 0 Å². The first-order valence-corrected chi connectivity index (χ1v) is 4.72. The molecule has 0 fully saturated rings. The fourth-order valence-electron chi connectivity index (χ4n) is 0.608. The maximum atomic E-state index is 12.1. The lowest BCUT2D eigenvalue weighted by Gasteiger charge is -2.11. The number of carbonyl (C=O) groups is 1. The molecule has 90 valence electrons. The molecule has 0 aliphatic carbocycles. The SMILES string of the molecule is CN(C)C(=O)NNc1nc(C(F)(F)F)ns1. The predicted molar refractivity (Wildman–Crippen MR) is 50.8 cm³/mol. The minimum Gasteiger partial charge on any atom is -0.330 e. The Morgan fingerprint density at radius 3 is 2.50 bits per heavy atom. The van der Waals surface area contributed by atoms with E-state index in [0.717, 1.165) is 0 Å². The molecule has 2 N–H and O–H groups in total. The van der Waals surface area contributed by atoms with E-state index in [2.05, 4.69) is 20.2 Å². The Hall–Kier alpha value is -1.58. The minimum atomic E-state index is -4.58. The highest BCUT2D eigenvalue weighted by atomic mass is 32.1. The van der Waals surface area contributed by atoms with Gasteiger partial charge in [-0.3, -0.25) is 5.43 Å². The Morgan fingerprint density at radius 1 is 1.44 bits per heavy atom. The van der Waals surface area contributed by atoms with Gasteiger partial charge in [0.15, 0.2) is 0 Å². The molecule has 16 heavy (non-hydrogen) atoms. The smallest absolute Gasteiger partial charge is 0.330 e. The van der Waals surface area contributed by atoms with Crippen LogP contribution in [-0.2, 0) is 6.18 Å². The van der Waals surface area contributed by atoms with Gasteiger partial charge in [-0.25, -0.2) is 10.2 Å². The largest absolute Gasteiger partial charge is 0.452 e. The van der Waals surface area contributed by atoms with Gasteiger partial charge in [0, 0.05) is 25.6 Å². The number of nitrogens with zero attached hydrogens (tertiary/aromatic N) is 3. The normalized spacial score (nSPS) is 11.1. The molecule has 1 aromatic heterocycles. The third-order valence-electron chi connectivity index (χ3n) is 1.36. The molecule has 0 saturated heterocycles. The first-order chi connectivity index (χ1) is 7.30. The fraction of sp³-hybridized carbons (Fsp3) is 0.500. The maximum Gasteiger partial charge on any atom is 0.452 e. The van der Waals surface area contributed by atoms with E-state index in [1.54, 1.807) is 0 Å². The van der Waals surface area contributed by atoms with Crippen LogP contribution < -0.4 is 10.9 Å². The number of carbonyl (C=O) groups excluding carboxylic acids is 1. The zero-order chi connectivity index (χ0) is 12.3. The molecular weight excluding hydrogens is 247 g/mol. The highest BCUT2D eigenvalue weighted by Crippen LogP contribution is 2.28. The van der Waals surface area contributed by atoms with Gasteiger partial charge in [0.25, 0.3) is 0 Å². The molecule has 0 radical (unpaired) electrons. The van der Waals surface area contributed by atoms with Crippen molar-refractivity contribution in [2.75, 3.05) is 19.5 Å². The van der Waals surface area contributed by atoms with Gasteiger partial charge in [0.2, 0.25) is 11.0 Å². The summed E-state index contributed by atoms with van der Waals surface area (Å²) in [6.07, 6.45) is -4.58. The molecule has 0 atom stereocenters. The number of alkyl halides is 3. The molecule has 6 nitrogen and oxygen atoms in total. The number of urea groups is 1. The van der Waals surface area contributed by atoms with Crippen LogP contribution in [0.4, 0.5) is 23.1 Å². The van der Waals surface area contributed by atoms with Crippen molar-refractivity contribution < 1.29 is 18.0 Å². The van der Waals surface area contributed by atoms with E-state index in [1.165, 1.54) is 19.0 Å². The van der Waals surface area contributed by atoms with Crippen LogP contribution in [0.1, 0.15) is 5.82 Å². The number of anilines is 1. The summed E-state index contributed by atoms with van der Waals surface area (Å²) in [6.45, 7) is 0. The van der Waals surface area contributed by atoms with E-state index in [4.69, 9.17) is 0 Å². The van der Waals surface area contributed by atoms with Crippen molar-refractivity contribution in [1.29, 1.82) is 0 Å². The number of hydrogen-bond donors (Lipinski definition) is 2. The number of halogens is 3. The van der Waals surface area contributed by atoms with Gasteiger partial charge in [-0.1, -0.05) is 0 Å². The number of rotatable bonds is 2. The molecule has 1 aromatic rings. The molecule has 0 saturated carbocycles. The molecule has 10 heteroatoms. The minimum absolute atomic E-state index is 0.137. The zero-order valence-corrected chi connectivity index (χ0v) is 9.11. The average Bonchev–Trinajstić information content (AvgIpc) is 2.61. The van der Waals surface area contributed by atoms with Gasteiger partial charge in [0.1, 0.15) is 0 Å². The number of hydrazine groups is 1. The van der Waals surface area contributed by atoms with Crippen molar-refractivity contribution in [2.45, 2.75) is 6.18 Å². The highest BCUT2D eigenvalue weighted by molar-refractivity contribution is 7.09. The molecular formula is C6H8F3N5OS. The summed E-state index contributed by atoms with van der Waals surface area (Å²) >= 11 is 0.505. The lowest BCUT2D eigenvalue weighted by Crippen LogP contribution is -2.38. The molecule has 1 heterocycles. The highest BCUT2D eigenvalue weighted by Gasteiger charge is 2.36. The van der Waals surface area contributed by atoms with Crippen molar-refractivity contribution in [3.8, 4) is 0 Å². The lowest BCUT2D eigenvalue weighted by molar-refractivity contribution is -0.144. The van der Waals surface area contributed by atoms with Gasteiger partial charge >= 0.3 is 12.2 Å². The van der Waals surface area contributed by atoms with Crippen LogP contribution in [0.15, 0.2) is 0 Å². The van der Waals surface area contributed by atoms with Gasteiger partial charge in [-0.2, -0.15) is 22.5 Å². The summed E-state index contributed by atoms with van der Waals surface area (Å²) in [6, 6.07) is -0.510. The van der Waals surface area contributed by atoms with Crippen molar-refractivity contribution in [2.24, 2.45) is 0 Å². The van der Waals surface area contributed by atoms with Crippen molar-refractivity contribution in [3.63, 3.8) is 0 Å². The van der Waals surface area contributed by atoms with E-state index < -0.39 is 18.0 Å². The maximum absolute atomic E-state index is 12.1. The lowest BCUT2D eigenvalue weighted by atomic mass is 10.6. The summed E-state index contributed by atoms with van der Waals surface area (Å²) in [7, 11) is 2.97. The van der Waals surface area contributed by atoms with Crippen molar-refractivity contribution in [1.82, 2.24) is 19.7 Å². The van der Waals surface area contributed by atoms with E-state index in [1.807, 2.05) is 0 Å². The second kappa shape index (κ2) is 4.51. The van der Waals surface area contributed by atoms with Gasteiger partial charge in [-0.05, 0) is 0 Å². The van der Waals surface area contributed by atoms with Crippen LogP contribution in [0.3, 0.4) is 0 Å². The van der Waals surface area contributed by atoms with Crippen LogP contribution in [0.5, 0.6) is 0 Å². The van der Waals surface area contributed by atoms with Crippen LogP contribution >= 0.6 is 11.5 Å². The number of aromatic nitrogens is 2. The molecule has 1 rings (SSSR count). The molecule has 0 aromatic carbocycles. The summed E-state index contributed by atoms with van der Waals surface area (Å²) in [5.41, 5.74) is 4.36. The van der Waals surface area contributed by atoms with E-state index in [-0.39, 0.29) is 5.13 Å². The van der Waals surface area contributed by atoms with E-state index in [0.29, 0.717) is 11.5 Å². The number of amides is 2. The molecule has 0 aliphatic rings. The zero-order valence-electron chi connectivity index (χ0n) is 8.29. The summed E-state index contributed by atoms with van der Waals surface area (Å²) in [5, 5.41) is -0.137. The molecule has 0 aliphatic heterocycles. The monoisotopic (exact) mass is 255 g/mol. The first-order valence-electron chi connectivity index (χ1n) is 3.95. The second-order valence-electron chi connectivity index (χ2n) is 2.87. The van der Waals surface area contributed by atoms with E-state index >= 15 is 0 Å². The van der Waals surface area contributed by atoms with Crippen LogP contribution in [0.25, 0.3) is 0 Å². The molecule has 0 unspecified atom stereocenters. The average molecular weight is 255 g/mol. The third kappa shape index (κ3) is 3.22. The topological polar surface area (TPSA) is 70.2 Å². The number of hydrogen-bond acceptors (Lipinski definition) is 5. The van der Waals surface area contributed by atoms with Gasteiger partial charge in [0.05, 0.1) is 0 Å². The summed E-state index contributed by atoms with van der Waals surface area (Å²) in [5.74, 6) is -1.24. The summed E-state index contributed by atoms with van der Waals surface area (Å²) in [4.78, 5) is 15.4. The Morgan fingerprint density at radius 2 is 2.06 bits per heavy atom. The second-order valence-corrected chi connectivity index (χ2v) is 3.62. The molecule has 0 bridgehead atoms. The number of nitrogens with one attached hydrogen (secondary N) is 2. The van der Waals surface area contributed by atoms with Crippen molar-refractivity contribution in [3.05, 3.63) is 5.82 Å². The standard InChI is InChI=1S/C6H8F3N5OS/c1-14(2)5(15)12-11-4-10-3(13-16-4)6(7,8)9/h1-2H3,(H,12,15)(H,10,11,13). The fourth-order valence-corrected chi connectivity index (χ4v) is 1.15. The van der Waals surface area contributed by atoms with Crippen LogP contribution in [0, 0.1) is 0 Å². The summed E-state index contributed by atoms with van der Waals surface area (Å²) < 4.78 is 39.3. The van der Waals surface area contributed by atoms with Gasteiger partial charge < -0.3 is 4.90 Å². The molecule has 2 amide bonds. The van der Waals surface area contributed by atoms with Crippen LogP contribution in [-0.4, -0.2) is 34.4 Å². The Balaban J connectivity index is 2.57.